The molecule has 1 heterocycles. The molecule has 19 heavy (non-hydrogen) atoms. The Morgan fingerprint density at radius 2 is 2.16 bits per heavy atom. The summed E-state index contributed by atoms with van der Waals surface area (Å²) in [4.78, 5) is 12.7. The van der Waals surface area contributed by atoms with E-state index in [4.69, 9.17) is 4.74 Å². The van der Waals surface area contributed by atoms with Gasteiger partial charge in [-0.05, 0) is 19.1 Å². The minimum Gasteiger partial charge on any atom is -0.465 e. The van der Waals surface area contributed by atoms with Gasteiger partial charge in [0.05, 0.1) is 30.7 Å². The van der Waals surface area contributed by atoms with Crippen LogP contribution in [-0.4, -0.2) is 34.1 Å². The molecule has 100 valence electrons. The Kier molecular flexibility index (Phi) is 4.63. The summed E-state index contributed by atoms with van der Waals surface area (Å²) >= 11 is 0. The number of carbonyl (C=O) groups is 1. The maximum atomic E-state index is 11.1. The lowest BCUT2D eigenvalue weighted by Crippen LogP contribution is -2.24. The number of nitrogens with one attached hydrogen (secondary N) is 1. The highest BCUT2D eigenvalue weighted by molar-refractivity contribution is 5.71. The van der Waals surface area contributed by atoms with Gasteiger partial charge in [0.25, 0.3) is 0 Å². The summed E-state index contributed by atoms with van der Waals surface area (Å²) < 4.78 is 4.81. The van der Waals surface area contributed by atoms with Crippen molar-refractivity contribution in [2.24, 2.45) is 0 Å². The Labute approximate surface area is 111 Å². The van der Waals surface area contributed by atoms with E-state index < -0.39 is 0 Å². The van der Waals surface area contributed by atoms with Gasteiger partial charge >= 0.3 is 5.97 Å². The van der Waals surface area contributed by atoms with Crippen LogP contribution in [0.2, 0.25) is 0 Å². The third kappa shape index (κ3) is 3.89. The molecule has 0 fully saturated rings. The molecule has 0 atom stereocenters. The van der Waals surface area contributed by atoms with E-state index in [0.717, 1.165) is 11.4 Å². The molecule has 2 rings (SSSR count). The van der Waals surface area contributed by atoms with Crippen LogP contribution < -0.4 is 5.32 Å². The Bertz CT molecular complexity index is 524. The molecule has 0 unspecified atom stereocenters. The van der Waals surface area contributed by atoms with Crippen molar-refractivity contribution in [3.8, 4) is 5.69 Å². The second-order valence-corrected chi connectivity index (χ2v) is 3.87. The second-order valence-electron chi connectivity index (χ2n) is 3.87. The van der Waals surface area contributed by atoms with Gasteiger partial charge in [-0.1, -0.05) is 18.2 Å². The van der Waals surface area contributed by atoms with Crippen molar-refractivity contribution < 1.29 is 9.53 Å². The van der Waals surface area contributed by atoms with E-state index in [1.807, 2.05) is 30.3 Å². The SMILES string of the molecule is CCOC(=O)CNCc1cnn(-c2ccccc2)n1. The highest BCUT2D eigenvalue weighted by Crippen LogP contribution is 2.03. The predicted molar refractivity (Wildman–Crippen MR) is 69.7 cm³/mol. The van der Waals surface area contributed by atoms with E-state index in [0.29, 0.717) is 13.2 Å². The number of para-hydroxylation sites is 1. The molecule has 2 aromatic rings. The second kappa shape index (κ2) is 6.65. The van der Waals surface area contributed by atoms with Gasteiger partial charge in [-0.3, -0.25) is 4.79 Å². The summed E-state index contributed by atoms with van der Waals surface area (Å²) in [7, 11) is 0. The van der Waals surface area contributed by atoms with Crippen LogP contribution in [0.5, 0.6) is 0 Å². The Morgan fingerprint density at radius 3 is 2.89 bits per heavy atom. The number of ether oxygens (including phenoxy) is 1. The average molecular weight is 260 g/mol. The van der Waals surface area contributed by atoms with Crippen molar-refractivity contribution in [2.75, 3.05) is 13.2 Å². The largest absolute Gasteiger partial charge is 0.465 e. The van der Waals surface area contributed by atoms with Gasteiger partial charge < -0.3 is 10.1 Å². The fraction of sp³-hybridized carbons (Fsp3) is 0.308. The first-order chi connectivity index (χ1) is 9.29. The van der Waals surface area contributed by atoms with Crippen molar-refractivity contribution in [3.05, 3.63) is 42.2 Å². The van der Waals surface area contributed by atoms with Crippen LogP contribution in [0.25, 0.3) is 5.69 Å². The summed E-state index contributed by atoms with van der Waals surface area (Å²) in [5.41, 5.74) is 1.67. The number of carbonyl (C=O) groups excluding carboxylic acids is 1. The van der Waals surface area contributed by atoms with Gasteiger partial charge in [-0.2, -0.15) is 15.0 Å². The summed E-state index contributed by atoms with van der Waals surface area (Å²) in [6.07, 6.45) is 1.67. The lowest BCUT2D eigenvalue weighted by molar-refractivity contribution is -0.142. The summed E-state index contributed by atoms with van der Waals surface area (Å²) in [5, 5.41) is 11.4. The van der Waals surface area contributed by atoms with Crippen LogP contribution in [0, 0.1) is 0 Å². The van der Waals surface area contributed by atoms with Gasteiger partial charge in [0.15, 0.2) is 0 Å². The number of hydrogen-bond donors (Lipinski definition) is 1. The van der Waals surface area contributed by atoms with Gasteiger partial charge in [-0.15, -0.1) is 0 Å². The molecule has 0 radical (unpaired) electrons. The number of esters is 1. The van der Waals surface area contributed by atoms with Crippen LogP contribution in [0.3, 0.4) is 0 Å². The fourth-order valence-electron chi connectivity index (χ4n) is 1.57. The van der Waals surface area contributed by atoms with Gasteiger partial charge in [-0.25, -0.2) is 0 Å². The van der Waals surface area contributed by atoms with Crippen LogP contribution in [0.15, 0.2) is 36.5 Å². The molecule has 6 heteroatoms. The molecule has 0 aliphatic rings. The lowest BCUT2D eigenvalue weighted by atomic mass is 10.3. The topological polar surface area (TPSA) is 69.0 Å². The zero-order valence-corrected chi connectivity index (χ0v) is 10.7. The molecular formula is C13H16N4O2. The van der Waals surface area contributed by atoms with Crippen LogP contribution >= 0.6 is 0 Å². The maximum Gasteiger partial charge on any atom is 0.319 e. The van der Waals surface area contributed by atoms with Crippen molar-refractivity contribution in [1.82, 2.24) is 20.3 Å². The summed E-state index contributed by atoms with van der Waals surface area (Å²) in [6.45, 7) is 2.83. The first-order valence-electron chi connectivity index (χ1n) is 6.12. The molecule has 1 aromatic heterocycles. The van der Waals surface area contributed by atoms with E-state index in [2.05, 4.69) is 15.5 Å². The van der Waals surface area contributed by atoms with Crippen LogP contribution in [-0.2, 0) is 16.1 Å². The highest BCUT2D eigenvalue weighted by atomic mass is 16.5. The first-order valence-corrected chi connectivity index (χ1v) is 6.12. The van der Waals surface area contributed by atoms with Crippen molar-refractivity contribution in [1.29, 1.82) is 0 Å². The molecule has 0 aliphatic heterocycles. The third-order valence-corrected chi connectivity index (χ3v) is 2.41. The van der Waals surface area contributed by atoms with Crippen molar-refractivity contribution >= 4 is 5.97 Å². The molecule has 1 N–H and O–H groups in total. The smallest absolute Gasteiger partial charge is 0.319 e. The normalized spacial score (nSPS) is 10.4. The van der Waals surface area contributed by atoms with E-state index in [1.165, 1.54) is 0 Å². The predicted octanol–water partition coefficient (Wildman–Crippen LogP) is 0.920. The molecule has 6 nitrogen and oxygen atoms in total. The zero-order valence-electron chi connectivity index (χ0n) is 10.7. The first kappa shape index (κ1) is 13.2. The molecule has 0 aliphatic carbocycles. The minimum atomic E-state index is -0.266. The Morgan fingerprint density at radius 1 is 1.37 bits per heavy atom. The average Bonchev–Trinajstić information content (AvgIpc) is 2.89. The van der Waals surface area contributed by atoms with E-state index in [9.17, 15) is 4.79 Å². The fourth-order valence-corrected chi connectivity index (χ4v) is 1.57. The van der Waals surface area contributed by atoms with E-state index in [1.54, 1.807) is 17.9 Å². The molecule has 0 spiro atoms. The van der Waals surface area contributed by atoms with Crippen molar-refractivity contribution in [2.45, 2.75) is 13.5 Å². The van der Waals surface area contributed by atoms with Crippen LogP contribution in [0.4, 0.5) is 0 Å². The molecule has 1 aromatic carbocycles. The minimum absolute atomic E-state index is 0.173. The molecule has 0 saturated heterocycles. The number of hydrogen-bond acceptors (Lipinski definition) is 5. The molecular weight excluding hydrogens is 244 g/mol. The number of nitrogens with zero attached hydrogens (tertiary/aromatic N) is 3. The standard InChI is InChI=1S/C13H16N4O2/c1-2-19-13(18)10-14-8-11-9-15-17(16-11)12-6-4-3-5-7-12/h3-7,9,14H,2,8,10H2,1H3. The molecule has 0 bridgehead atoms. The quantitative estimate of drug-likeness (QED) is 0.782. The Hall–Kier alpha value is -2.21. The Balaban J connectivity index is 1.86. The molecule has 0 amide bonds. The maximum absolute atomic E-state index is 11.1. The monoisotopic (exact) mass is 260 g/mol. The highest BCUT2D eigenvalue weighted by Gasteiger charge is 2.04. The van der Waals surface area contributed by atoms with Gasteiger partial charge in [0.1, 0.15) is 0 Å². The van der Waals surface area contributed by atoms with Crippen molar-refractivity contribution in [3.63, 3.8) is 0 Å². The van der Waals surface area contributed by atoms with E-state index in [-0.39, 0.29) is 12.5 Å². The summed E-state index contributed by atoms with van der Waals surface area (Å²) in [5.74, 6) is -0.266. The van der Waals surface area contributed by atoms with E-state index >= 15 is 0 Å². The van der Waals surface area contributed by atoms with Gasteiger partial charge in [0, 0.05) is 6.54 Å². The van der Waals surface area contributed by atoms with Crippen LogP contribution in [0.1, 0.15) is 12.6 Å². The molecule has 0 saturated carbocycles. The zero-order chi connectivity index (χ0) is 13.5. The number of rotatable bonds is 6. The number of benzene rings is 1. The lowest BCUT2D eigenvalue weighted by Gasteiger charge is -2.02. The van der Waals surface area contributed by atoms with Gasteiger partial charge in [0.2, 0.25) is 0 Å². The summed E-state index contributed by atoms with van der Waals surface area (Å²) in [6, 6.07) is 9.65. The number of aromatic nitrogens is 3. The third-order valence-electron chi connectivity index (χ3n) is 2.41.